The number of carbonyl (C=O) groups is 1. The zero-order valence-electron chi connectivity index (χ0n) is 12.0. The van der Waals surface area contributed by atoms with Crippen molar-refractivity contribution >= 4 is 11.8 Å². The molecule has 0 aliphatic carbocycles. The molecule has 1 rings (SSSR count). The van der Waals surface area contributed by atoms with E-state index in [1.165, 1.54) is 6.07 Å². The van der Waals surface area contributed by atoms with Crippen LogP contribution < -0.4 is 11.1 Å². The number of rotatable bonds is 4. The van der Waals surface area contributed by atoms with Gasteiger partial charge in [-0.15, -0.1) is 0 Å². The van der Waals surface area contributed by atoms with Crippen molar-refractivity contribution in [3.05, 3.63) is 23.8 Å². The van der Waals surface area contributed by atoms with Gasteiger partial charge in [-0.1, -0.05) is 0 Å². The largest absolute Gasteiger partial charge is 0.508 e. The van der Waals surface area contributed by atoms with Crippen LogP contribution in [0.1, 0.15) is 38.8 Å². The number of hydrogen-bond acceptors (Lipinski definition) is 5. The first kappa shape index (κ1) is 16.3. The Morgan fingerprint density at radius 2 is 2.10 bits per heavy atom. The molecule has 0 heterocycles. The Bertz CT molecular complexity index is 469. The quantitative estimate of drug-likeness (QED) is 0.633. The van der Waals surface area contributed by atoms with Crippen molar-refractivity contribution in [1.29, 1.82) is 0 Å². The summed E-state index contributed by atoms with van der Waals surface area (Å²) in [6, 6.07) is 4.06. The standard InChI is InChI=1S/C14H22N2O4/c1-14(2,3)20-13(19)16-9-4-5-12(18)10(8-9)11(15)6-7-17/h4-5,8,11,17-18H,6-7,15H2,1-3H3,(H,16,19). The van der Waals surface area contributed by atoms with Crippen molar-refractivity contribution in [2.24, 2.45) is 5.73 Å². The van der Waals surface area contributed by atoms with E-state index in [4.69, 9.17) is 15.6 Å². The minimum absolute atomic E-state index is 0.0284. The number of nitrogens with two attached hydrogens (primary N) is 1. The Labute approximate surface area is 118 Å². The van der Waals surface area contributed by atoms with Crippen molar-refractivity contribution in [3.63, 3.8) is 0 Å². The second kappa shape index (κ2) is 6.58. The fourth-order valence-corrected chi connectivity index (χ4v) is 1.65. The lowest BCUT2D eigenvalue weighted by Crippen LogP contribution is -2.27. The summed E-state index contributed by atoms with van der Waals surface area (Å²) < 4.78 is 5.14. The van der Waals surface area contributed by atoms with Crippen LogP contribution in [0.3, 0.4) is 0 Å². The third-order valence-electron chi connectivity index (χ3n) is 2.51. The van der Waals surface area contributed by atoms with E-state index < -0.39 is 17.7 Å². The molecule has 0 spiro atoms. The molecule has 0 saturated heterocycles. The molecule has 0 aliphatic heterocycles. The Balaban J connectivity index is 2.82. The molecule has 1 aromatic rings. The molecule has 1 unspecified atom stereocenters. The van der Waals surface area contributed by atoms with Crippen molar-refractivity contribution in [1.82, 2.24) is 0 Å². The Kier molecular flexibility index (Phi) is 5.35. The van der Waals surface area contributed by atoms with Gasteiger partial charge < -0.3 is 20.7 Å². The van der Waals surface area contributed by atoms with E-state index in [-0.39, 0.29) is 12.4 Å². The van der Waals surface area contributed by atoms with E-state index in [9.17, 15) is 9.90 Å². The molecule has 0 fully saturated rings. The maximum Gasteiger partial charge on any atom is 0.412 e. The molecule has 0 aromatic heterocycles. The van der Waals surface area contributed by atoms with Crippen LogP contribution in [0.5, 0.6) is 5.75 Å². The molecule has 0 bridgehead atoms. The van der Waals surface area contributed by atoms with E-state index in [1.807, 2.05) is 0 Å². The lowest BCUT2D eigenvalue weighted by atomic mass is 10.0. The number of amides is 1. The molecule has 1 amide bonds. The summed E-state index contributed by atoms with van der Waals surface area (Å²) in [5.41, 5.74) is 6.20. The van der Waals surface area contributed by atoms with Crippen LogP contribution in [0.25, 0.3) is 0 Å². The van der Waals surface area contributed by atoms with Gasteiger partial charge in [0.15, 0.2) is 0 Å². The maximum atomic E-state index is 11.7. The number of benzene rings is 1. The number of anilines is 1. The molecular formula is C14H22N2O4. The monoisotopic (exact) mass is 282 g/mol. The third kappa shape index (κ3) is 5.07. The number of nitrogens with one attached hydrogen (secondary N) is 1. The first-order valence-electron chi connectivity index (χ1n) is 6.42. The van der Waals surface area contributed by atoms with E-state index in [0.29, 0.717) is 17.7 Å². The second-order valence-corrected chi connectivity index (χ2v) is 5.52. The molecule has 20 heavy (non-hydrogen) atoms. The van der Waals surface area contributed by atoms with Crippen LogP contribution in [0.4, 0.5) is 10.5 Å². The molecule has 6 heteroatoms. The van der Waals surface area contributed by atoms with Crippen LogP contribution in [0, 0.1) is 0 Å². The summed E-state index contributed by atoms with van der Waals surface area (Å²) in [5, 5.41) is 21.2. The number of hydrogen-bond donors (Lipinski definition) is 4. The molecule has 5 N–H and O–H groups in total. The van der Waals surface area contributed by atoms with Crippen LogP contribution in [-0.4, -0.2) is 28.5 Å². The summed E-state index contributed by atoms with van der Waals surface area (Å²) >= 11 is 0. The highest BCUT2D eigenvalue weighted by Crippen LogP contribution is 2.28. The fraction of sp³-hybridized carbons (Fsp3) is 0.500. The lowest BCUT2D eigenvalue weighted by molar-refractivity contribution is 0.0636. The molecule has 6 nitrogen and oxygen atoms in total. The number of aromatic hydroxyl groups is 1. The van der Waals surface area contributed by atoms with Crippen LogP contribution in [0.2, 0.25) is 0 Å². The van der Waals surface area contributed by atoms with E-state index >= 15 is 0 Å². The highest BCUT2D eigenvalue weighted by atomic mass is 16.6. The molecule has 0 radical (unpaired) electrons. The average Bonchev–Trinajstić information content (AvgIpc) is 2.29. The van der Waals surface area contributed by atoms with Gasteiger partial charge in [-0.3, -0.25) is 5.32 Å². The Morgan fingerprint density at radius 3 is 2.65 bits per heavy atom. The fourth-order valence-electron chi connectivity index (χ4n) is 1.65. The van der Waals surface area contributed by atoms with Gasteiger partial charge in [0.1, 0.15) is 11.4 Å². The number of carbonyl (C=O) groups excluding carboxylic acids is 1. The Hall–Kier alpha value is -1.79. The van der Waals surface area contributed by atoms with Crippen molar-refractivity contribution in [3.8, 4) is 5.75 Å². The van der Waals surface area contributed by atoms with Gasteiger partial charge in [0, 0.05) is 23.9 Å². The number of phenolic OH excluding ortho intramolecular Hbond substituents is 1. The molecule has 1 aromatic carbocycles. The zero-order chi connectivity index (χ0) is 15.3. The minimum Gasteiger partial charge on any atom is -0.508 e. The van der Waals surface area contributed by atoms with Gasteiger partial charge in [-0.25, -0.2) is 4.79 Å². The highest BCUT2D eigenvalue weighted by Gasteiger charge is 2.17. The summed E-state index contributed by atoms with van der Waals surface area (Å²) in [4.78, 5) is 11.7. The smallest absolute Gasteiger partial charge is 0.412 e. The summed E-state index contributed by atoms with van der Waals surface area (Å²) in [6.45, 7) is 5.23. The third-order valence-corrected chi connectivity index (χ3v) is 2.51. The summed E-state index contributed by atoms with van der Waals surface area (Å²) in [6.07, 6.45) is -0.256. The van der Waals surface area contributed by atoms with Gasteiger partial charge in [0.05, 0.1) is 0 Å². The predicted molar refractivity (Wildman–Crippen MR) is 76.6 cm³/mol. The number of aliphatic hydroxyl groups is 1. The molecule has 0 aliphatic rings. The topological polar surface area (TPSA) is 105 Å². The van der Waals surface area contributed by atoms with Gasteiger partial charge in [0.2, 0.25) is 0 Å². The SMILES string of the molecule is CC(C)(C)OC(=O)Nc1ccc(O)c(C(N)CCO)c1. The van der Waals surface area contributed by atoms with Crippen LogP contribution >= 0.6 is 0 Å². The van der Waals surface area contributed by atoms with E-state index in [2.05, 4.69) is 5.32 Å². The van der Waals surface area contributed by atoms with Crippen molar-refractivity contribution in [2.45, 2.75) is 38.8 Å². The van der Waals surface area contributed by atoms with Crippen LogP contribution in [0.15, 0.2) is 18.2 Å². The molecular weight excluding hydrogens is 260 g/mol. The summed E-state index contributed by atoms with van der Waals surface area (Å²) in [5.74, 6) is 0.0284. The van der Waals surface area contributed by atoms with Gasteiger partial charge in [0.25, 0.3) is 0 Å². The summed E-state index contributed by atoms with van der Waals surface area (Å²) in [7, 11) is 0. The van der Waals surface area contributed by atoms with Gasteiger partial charge >= 0.3 is 6.09 Å². The van der Waals surface area contributed by atoms with Crippen LogP contribution in [-0.2, 0) is 4.74 Å². The van der Waals surface area contributed by atoms with Crippen molar-refractivity contribution in [2.75, 3.05) is 11.9 Å². The minimum atomic E-state index is -0.586. The number of ether oxygens (including phenoxy) is 1. The van der Waals surface area contributed by atoms with E-state index in [1.54, 1.807) is 32.9 Å². The zero-order valence-corrected chi connectivity index (χ0v) is 12.0. The average molecular weight is 282 g/mol. The van der Waals surface area contributed by atoms with E-state index in [0.717, 1.165) is 0 Å². The highest BCUT2D eigenvalue weighted by molar-refractivity contribution is 5.85. The Morgan fingerprint density at radius 1 is 1.45 bits per heavy atom. The van der Waals surface area contributed by atoms with Crippen molar-refractivity contribution < 1.29 is 19.7 Å². The predicted octanol–water partition coefficient (Wildman–Crippen LogP) is 2.12. The number of aliphatic hydroxyl groups excluding tert-OH is 1. The first-order valence-corrected chi connectivity index (χ1v) is 6.42. The van der Waals surface area contributed by atoms with Gasteiger partial charge in [-0.05, 0) is 45.4 Å². The normalized spacial score (nSPS) is 12.8. The molecule has 0 saturated carbocycles. The van der Waals surface area contributed by atoms with Gasteiger partial charge in [-0.2, -0.15) is 0 Å². The number of phenols is 1. The lowest BCUT2D eigenvalue weighted by Gasteiger charge is -2.20. The molecule has 1 atom stereocenters. The second-order valence-electron chi connectivity index (χ2n) is 5.52. The first-order chi connectivity index (χ1) is 9.23. The maximum absolute atomic E-state index is 11.7. The molecule has 112 valence electrons.